The van der Waals surface area contributed by atoms with E-state index in [1.54, 1.807) is 35.2 Å². The number of carbonyl (C=O) groups is 2. The zero-order valence-electron chi connectivity index (χ0n) is 20.4. The van der Waals surface area contributed by atoms with Gasteiger partial charge in [-0.05, 0) is 66.8 Å². The molecule has 0 atom stereocenters. The van der Waals surface area contributed by atoms with E-state index in [1.807, 2.05) is 19.9 Å². The summed E-state index contributed by atoms with van der Waals surface area (Å²) in [6.45, 7) is 5.33. The van der Waals surface area contributed by atoms with E-state index < -0.39 is 0 Å². The van der Waals surface area contributed by atoms with Gasteiger partial charge < -0.3 is 25.4 Å². The van der Waals surface area contributed by atoms with E-state index in [0.717, 1.165) is 31.2 Å². The van der Waals surface area contributed by atoms with Gasteiger partial charge in [0.1, 0.15) is 0 Å². The Morgan fingerprint density at radius 2 is 1.83 bits per heavy atom. The van der Waals surface area contributed by atoms with Gasteiger partial charge in [-0.25, -0.2) is 0 Å². The molecule has 2 aromatic rings. The van der Waals surface area contributed by atoms with Crippen LogP contribution in [0.25, 0.3) is 0 Å². The van der Waals surface area contributed by atoms with Crippen molar-refractivity contribution >= 4 is 29.1 Å². The van der Waals surface area contributed by atoms with Crippen molar-refractivity contribution < 1.29 is 19.1 Å². The second-order valence-electron chi connectivity index (χ2n) is 10.2. The Labute approximate surface area is 211 Å². The molecule has 7 nitrogen and oxygen atoms in total. The van der Waals surface area contributed by atoms with Gasteiger partial charge in [-0.3, -0.25) is 9.59 Å². The van der Waals surface area contributed by atoms with Crippen molar-refractivity contribution in [2.45, 2.75) is 52.5 Å². The number of nitrogens with two attached hydrogens (primary N) is 1. The van der Waals surface area contributed by atoms with Crippen LogP contribution in [0.4, 0.5) is 5.69 Å². The van der Waals surface area contributed by atoms with Crippen molar-refractivity contribution in [2.24, 2.45) is 17.1 Å². The number of amides is 2. The molecule has 2 aliphatic rings. The SMILES string of the molecule is CC(C)(CN)CN(Cc1cc(NC(=O)C2CCCCC2)ccc1Cl)C(=O)c1ccc2c(c1)OCO2. The van der Waals surface area contributed by atoms with Gasteiger partial charge in [-0.2, -0.15) is 0 Å². The van der Waals surface area contributed by atoms with Crippen molar-refractivity contribution in [1.82, 2.24) is 4.90 Å². The van der Waals surface area contributed by atoms with Gasteiger partial charge in [-0.15, -0.1) is 0 Å². The summed E-state index contributed by atoms with van der Waals surface area (Å²) in [4.78, 5) is 28.1. The summed E-state index contributed by atoms with van der Waals surface area (Å²) in [5, 5.41) is 3.59. The van der Waals surface area contributed by atoms with Gasteiger partial charge in [-0.1, -0.05) is 44.7 Å². The van der Waals surface area contributed by atoms with Crippen LogP contribution < -0.4 is 20.5 Å². The largest absolute Gasteiger partial charge is 0.454 e. The Hall–Kier alpha value is -2.77. The summed E-state index contributed by atoms with van der Waals surface area (Å²) < 4.78 is 10.8. The topological polar surface area (TPSA) is 93.9 Å². The highest BCUT2D eigenvalue weighted by atomic mass is 35.5. The molecule has 0 bridgehead atoms. The molecular formula is C27H34ClN3O4. The maximum absolute atomic E-state index is 13.6. The quantitative estimate of drug-likeness (QED) is 0.519. The van der Waals surface area contributed by atoms with Gasteiger partial charge in [0.15, 0.2) is 11.5 Å². The minimum Gasteiger partial charge on any atom is -0.454 e. The molecule has 1 fully saturated rings. The molecule has 0 saturated heterocycles. The number of carbonyl (C=O) groups excluding carboxylic acids is 2. The van der Waals surface area contributed by atoms with Gasteiger partial charge in [0.05, 0.1) is 0 Å². The molecule has 1 saturated carbocycles. The molecule has 1 heterocycles. The van der Waals surface area contributed by atoms with E-state index in [-0.39, 0.29) is 36.5 Å². The Balaban J connectivity index is 1.55. The van der Waals surface area contributed by atoms with E-state index in [4.69, 9.17) is 26.8 Å². The molecular weight excluding hydrogens is 466 g/mol. The minimum absolute atomic E-state index is 0.0514. The molecule has 188 valence electrons. The normalized spacial score (nSPS) is 15.7. The predicted octanol–water partition coefficient (Wildman–Crippen LogP) is 5.21. The van der Waals surface area contributed by atoms with Gasteiger partial charge in [0.25, 0.3) is 5.91 Å². The maximum atomic E-state index is 13.6. The summed E-state index contributed by atoms with van der Waals surface area (Å²) in [5.74, 6) is 1.13. The van der Waals surface area contributed by atoms with Crippen LogP contribution in [0.5, 0.6) is 11.5 Å². The van der Waals surface area contributed by atoms with Crippen molar-refractivity contribution in [1.29, 1.82) is 0 Å². The van der Waals surface area contributed by atoms with Crippen LogP contribution >= 0.6 is 11.6 Å². The molecule has 1 aliphatic heterocycles. The number of fused-ring (bicyclic) bond motifs is 1. The lowest BCUT2D eigenvalue weighted by atomic mass is 9.88. The van der Waals surface area contributed by atoms with Crippen LogP contribution in [-0.4, -0.2) is 36.6 Å². The first-order valence-corrected chi connectivity index (χ1v) is 12.6. The lowest BCUT2D eigenvalue weighted by molar-refractivity contribution is -0.120. The molecule has 2 amide bonds. The summed E-state index contributed by atoms with van der Waals surface area (Å²) in [6, 6.07) is 10.6. The summed E-state index contributed by atoms with van der Waals surface area (Å²) in [7, 11) is 0. The van der Waals surface area contributed by atoms with Crippen LogP contribution in [-0.2, 0) is 11.3 Å². The molecule has 0 unspecified atom stereocenters. The molecule has 35 heavy (non-hydrogen) atoms. The Morgan fingerprint density at radius 1 is 1.09 bits per heavy atom. The zero-order valence-corrected chi connectivity index (χ0v) is 21.2. The smallest absolute Gasteiger partial charge is 0.254 e. The highest BCUT2D eigenvalue weighted by Gasteiger charge is 2.27. The third-order valence-corrected chi connectivity index (χ3v) is 7.10. The number of hydrogen-bond acceptors (Lipinski definition) is 5. The average Bonchev–Trinajstić information content (AvgIpc) is 3.33. The average molecular weight is 500 g/mol. The second-order valence-corrected chi connectivity index (χ2v) is 10.6. The fourth-order valence-corrected chi connectivity index (χ4v) is 4.76. The number of nitrogens with one attached hydrogen (secondary N) is 1. The minimum atomic E-state index is -0.300. The lowest BCUT2D eigenvalue weighted by Gasteiger charge is -2.32. The van der Waals surface area contributed by atoms with Crippen molar-refractivity contribution in [2.75, 3.05) is 25.2 Å². The molecule has 1 aliphatic carbocycles. The fourth-order valence-electron chi connectivity index (χ4n) is 4.58. The van der Waals surface area contributed by atoms with E-state index in [9.17, 15) is 9.59 Å². The van der Waals surface area contributed by atoms with Gasteiger partial charge >= 0.3 is 0 Å². The number of ether oxygens (including phenoxy) is 2. The van der Waals surface area contributed by atoms with Crippen molar-refractivity contribution in [3.8, 4) is 11.5 Å². The third kappa shape index (κ3) is 6.27. The van der Waals surface area contributed by atoms with E-state index >= 15 is 0 Å². The van der Waals surface area contributed by atoms with Crippen molar-refractivity contribution in [3.05, 3.63) is 52.5 Å². The first-order chi connectivity index (χ1) is 16.8. The molecule has 2 aromatic carbocycles. The van der Waals surface area contributed by atoms with Gasteiger partial charge in [0.2, 0.25) is 12.7 Å². The van der Waals surface area contributed by atoms with E-state index in [1.165, 1.54) is 6.42 Å². The summed E-state index contributed by atoms with van der Waals surface area (Å²) >= 11 is 6.55. The third-order valence-electron chi connectivity index (χ3n) is 6.73. The molecule has 4 rings (SSSR count). The van der Waals surface area contributed by atoms with E-state index in [2.05, 4.69) is 5.32 Å². The Morgan fingerprint density at radius 3 is 2.57 bits per heavy atom. The first kappa shape index (κ1) is 25.3. The molecule has 0 aromatic heterocycles. The van der Waals surface area contributed by atoms with Crippen LogP contribution in [0, 0.1) is 11.3 Å². The highest BCUT2D eigenvalue weighted by molar-refractivity contribution is 6.31. The number of halogens is 1. The highest BCUT2D eigenvalue weighted by Crippen LogP contribution is 2.34. The van der Waals surface area contributed by atoms with Crippen LogP contribution in [0.3, 0.4) is 0 Å². The molecule has 3 N–H and O–H groups in total. The Bertz CT molecular complexity index is 1080. The first-order valence-electron chi connectivity index (χ1n) is 12.2. The second kappa shape index (κ2) is 10.9. The van der Waals surface area contributed by atoms with Crippen LogP contribution in [0.2, 0.25) is 5.02 Å². The standard InChI is InChI=1S/C27H34ClN3O4/c1-27(2,15-29)16-31(26(33)19-8-11-23-24(13-19)35-17-34-23)14-20-12-21(9-10-22(20)28)30-25(32)18-6-4-3-5-7-18/h8-13,18H,3-7,14-17,29H2,1-2H3,(H,30,32). The number of benzene rings is 2. The number of nitrogens with zero attached hydrogens (tertiary/aromatic N) is 1. The molecule has 8 heteroatoms. The lowest BCUT2D eigenvalue weighted by Crippen LogP contribution is -2.41. The number of anilines is 1. The van der Waals surface area contributed by atoms with Crippen LogP contribution in [0.15, 0.2) is 36.4 Å². The predicted molar refractivity (Wildman–Crippen MR) is 137 cm³/mol. The van der Waals surface area contributed by atoms with Gasteiger partial charge in [0, 0.05) is 35.3 Å². The zero-order chi connectivity index (χ0) is 25.0. The monoisotopic (exact) mass is 499 g/mol. The van der Waals surface area contributed by atoms with Crippen molar-refractivity contribution in [3.63, 3.8) is 0 Å². The Kier molecular flexibility index (Phi) is 7.87. The number of hydrogen-bond donors (Lipinski definition) is 2. The fraction of sp³-hybridized carbons (Fsp3) is 0.481. The summed E-state index contributed by atoms with van der Waals surface area (Å²) in [6.07, 6.45) is 5.24. The number of rotatable bonds is 8. The maximum Gasteiger partial charge on any atom is 0.254 e. The molecule has 0 radical (unpaired) electrons. The van der Waals surface area contributed by atoms with Crippen LogP contribution in [0.1, 0.15) is 61.9 Å². The molecule has 0 spiro atoms. The van der Waals surface area contributed by atoms with E-state index in [0.29, 0.717) is 40.9 Å². The summed E-state index contributed by atoms with van der Waals surface area (Å²) in [5.41, 5.74) is 7.64.